The van der Waals surface area contributed by atoms with Gasteiger partial charge in [0, 0.05) is 7.05 Å². The van der Waals surface area contributed by atoms with E-state index in [9.17, 15) is 0 Å². The van der Waals surface area contributed by atoms with Crippen LogP contribution in [0.1, 0.15) is 31.7 Å². The summed E-state index contributed by atoms with van der Waals surface area (Å²) >= 11 is 0. The average molecular weight is 239 g/mol. The highest BCUT2D eigenvalue weighted by Gasteiger charge is 2.09. The first-order valence-corrected chi connectivity index (χ1v) is 6.36. The van der Waals surface area contributed by atoms with Crippen molar-refractivity contribution in [1.29, 1.82) is 0 Å². The second-order valence-electron chi connectivity index (χ2n) is 4.92. The number of nitrogens with one attached hydrogen (secondary N) is 1. The van der Waals surface area contributed by atoms with E-state index in [1.165, 1.54) is 0 Å². The van der Waals surface area contributed by atoms with Gasteiger partial charge in [0.15, 0.2) is 5.75 Å². The van der Waals surface area contributed by atoms with Crippen molar-refractivity contribution < 1.29 is 4.74 Å². The Kier molecular flexibility index (Phi) is 5.48. The maximum Gasteiger partial charge on any atom is 0.162 e. The van der Waals surface area contributed by atoms with Crippen molar-refractivity contribution in [2.75, 3.05) is 19.7 Å². The van der Waals surface area contributed by atoms with Gasteiger partial charge in [-0.3, -0.25) is 4.68 Å². The van der Waals surface area contributed by atoms with Crippen LogP contribution in [0.2, 0.25) is 0 Å². The summed E-state index contributed by atoms with van der Waals surface area (Å²) in [5.74, 6) is 1.65. The molecule has 0 unspecified atom stereocenters. The molecule has 0 aliphatic carbocycles. The highest BCUT2D eigenvalue weighted by Crippen LogP contribution is 2.21. The Hall–Kier alpha value is -1.03. The molecule has 1 heterocycles. The lowest BCUT2D eigenvalue weighted by atomic mass is 10.2. The third-order valence-corrected chi connectivity index (χ3v) is 2.74. The van der Waals surface area contributed by atoms with Crippen LogP contribution < -0.4 is 10.1 Å². The summed E-state index contributed by atoms with van der Waals surface area (Å²) in [4.78, 5) is 0. The van der Waals surface area contributed by atoms with Crippen LogP contribution in [0.4, 0.5) is 0 Å². The van der Waals surface area contributed by atoms with Crippen LogP contribution in [0.25, 0.3) is 0 Å². The lowest BCUT2D eigenvalue weighted by Crippen LogP contribution is -2.22. The van der Waals surface area contributed by atoms with E-state index in [0.29, 0.717) is 5.92 Å². The Morgan fingerprint density at radius 3 is 2.59 bits per heavy atom. The van der Waals surface area contributed by atoms with Gasteiger partial charge < -0.3 is 10.1 Å². The molecule has 0 spiro atoms. The van der Waals surface area contributed by atoms with E-state index in [1.54, 1.807) is 0 Å². The van der Waals surface area contributed by atoms with Crippen LogP contribution in [-0.4, -0.2) is 29.5 Å². The Bertz CT molecular complexity index is 345. The summed E-state index contributed by atoms with van der Waals surface area (Å²) in [7, 11) is 1.94. The third-order valence-electron chi connectivity index (χ3n) is 2.74. The zero-order valence-corrected chi connectivity index (χ0v) is 11.7. The zero-order valence-electron chi connectivity index (χ0n) is 11.7. The third kappa shape index (κ3) is 4.38. The zero-order chi connectivity index (χ0) is 12.8. The molecule has 1 aromatic heterocycles. The molecule has 1 N–H and O–H groups in total. The number of ether oxygens (including phenoxy) is 1. The minimum atomic E-state index is 0.707. The molecular weight excluding hydrogens is 214 g/mol. The molecule has 0 aromatic carbocycles. The normalized spacial score (nSPS) is 11.2. The highest BCUT2D eigenvalue weighted by atomic mass is 16.5. The number of aromatic nitrogens is 2. The molecule has 0 amide bonds. The van der Waals surface area contributed by atoms with Gasteiger partial charge in [0.1, 0.15) is 5.69 Å². The topological polar surface area (TPSA) is 39.1 Å². The Morgan fingerprint density at radius 2 is 2.06 bits per heavy atom. The summed E-state index contributed by atoms with van der Waals surface area (Å²) in [6, 6.07) is 0. The molecule has 0 saturated carbocycles. The monoisotopic (exact) mass is 239 g/mol. The minimum Gasteiger partial charge on any atom is -0.490 e. The van der Waals surface area contributed by atoms with Gasteiger partial charge in [0.25, 0.3) is 0 Å². The van der Waals surface area contributed by atoms with Crippen LogP contribution in [0, 0.1) is 19.8 Å². The van der Waals surface area contributed by atoms with Crippen LogP contribution in [0.5, 0.6) is 5.75 Å². The first-order chi connectivity index (χ1) is 8.02. The van der Waals surface area contributed by atoms with E-state index in [0.717, 1.165) is 43.3 Å². The number of hydrogen-bond acceptors (Lipinski definition) is 3. The van der Waals surface area contributed by atoms with E-state index in [2.05, 4.69) is 24.3 Å². The summed E-state index contributed by atoms with van der Waals surface area (Å²) in [5, 5.41) is 7.73. The molecule has 4 nitrogen and oxygen atoms in total. The van der Waals surface area contributed by atoms with Crippen molar-refractivity contribution in [3.05, 3.63) is 11.4 Å². The van der Waals surface area contributed by atoms with Crippen molar-refractivity contribution in [3.8, 4) is 5.75 Å². The Balaban J connectivity index is 2.22. The van der Waals surface area contributed by atoms with E-state index in [-0.39, 0.29) is 0 Å². The van der Waals surface area contributed by atoms with E-state index in [1.807, 2.05) is 25.6 Å². The molecule has 0 bridgehead atoms. The predicted octanol–water partition coefficient (Wildman–Crippen LogP) is 2.05. The van der Waals surface area contributed by atoms with E-state index < -0.39 is 0 Å². The first-order valence-electron chi connectivity index (χ1n) is 6.36. The Morgan fingerprint density at radius 1 is 1.35 bits per heavy atom. The standard InChI is InChI=1S/C13H25N3O/c1-10(2)9-14-7-6-8-17-13-11(3)15-16(5)12(13)4/h10,14H,6-9H2,1-5H3. The smallest absolute Gasteiger partial charge is 0.162 e. The molecule has 0 aliphatic heterocycles. The van der Waals surface area contributed by atoms with Gasteiger partial charge in [-0.25, -0.2) is 0 Å². The van der Waals surface area contributed by atoms with Gasteiger partial charge in [-0.1, -0.05) is 13.8 Å². The average Bonchev–Trinajstić information content (AvgIpc) is 2.48. The van der Waals surface area contributed by atoms with Gasteiger partial charge in [-0.15, -0.1) is 0 Å². The van der Waals surface area contributed by atoms with Gasteiger partial charge in [-0.05, 0) is 39.3 Å². The fourth-order valence-corrected chi connectivity index (χ4v) is 1.73. The minimum absolute atomic E-state index is 0.707. The first kappa shape index (κ1) is 14.0. The van der Waals surface area contributed by atoms with Crippen molar-refractivity contribution in [2.45, 2.75) is 34.1 Å². The number of rotatable bonds is 7. The molecule has 0 fully saturated rings. The molecule has 0 saturated heterocycles. The molecule has 98 valence electrons. The molecule has 0 radical (unpaired) electrons. The quantitative estimate of drug-likeness (QED) is 0.740. The van der Waals surface area contributed by atoms with Crippen molar-refractivity contribution >= 4 is 0 Å². The summed E-state index contributed by atoms with van der Waals surface area (Å²) < 4.78 is 7.63. The fraction of sp³-hybridized carbons (Fsp3) is 0.769. The molecule has 1 aromatic rings. The number of aryl methyl sites for hydroxylation is 2. The molecule has 1 rings (SSSR count). The van der Waals surface area contributed by atoms with Gasteiger partial charge in [0.2, 0.25) is 0 Å². The second-order valence-corrected chi connectivity index (χ2v) is 4.92. The fourth-order valence-electron chi connectivity index (χ4n) is 1.73. The molecule has 17 heavy (non-hydrogen) atoms. The van der Waals surface area contributed by atoms with Crippen LogP contribution in [-0.2, 0) is 7.05 Å². The van der Waals surface area contributed by atoms with Crippen molar-refractivity contribution in [1.82, 2.24) is 15.1 Å². The largest absolute Gasteiger partial charge is 0.490 e. The van der Waals surface area contributed by atoms with Crippen LogP contribution in [0.15, 0.2) is 0 Å². The molecule has 4 heteroatoms. The van der Waals surface area contributed by atoms with Crippen molar-refractivity contribution in [3.63, 3.8) is 0 Å². The second kappa shape index (κ2) is 6.64. The summed E-state index contributed by atoms with van der Waals surface area (Å²) in [6.45, 7) is 11.3. The van der Waals surface area contributed by atoms with Gasteiger partial charge in [0.05, 0.1) is 12.3 Å². The lowest BCUT2D eigenvalue weighted by molar-refractivity contribution is 0.303. The molecule has 0 atom stereocenters. The predicted molar refractivity (Wildman–Crippen MR) is 70.5 cm³/mol. The maximum absolute atomic E-state index is 5.77. The summed E-state index contributed by atoms with van der Waals surface area (Å²) in [5.41, 5.74) is 2.07. The highest BCUT2D eigenvalue weighted by molar-refractivity contribution is 5.31. The Labute approximate surface area is 104 Å². The molecule has 0 aliphatic rings. The van der Waals surface area contributed by atoms with Gasteiger partial charge >= 0.3 is 0 Å². The summed E-state index contributed by atoms with van der Waals surface area (Å²) in [6.07, 6.45) is 1.03. The van der Waals surface area contributed by atoms with Crippen LogP contribution >= 0.6 is 0 Å². The van der Waals surface area contributed by atoms with Crippen molar-refractivity contribution in [2.24, 2.45) is 13.0 Å². The molecular formula is C13H25N3O. The number of hydrogen-bond donors (Lipinski definition) is 1. The SMILES string of the molecule is Cc1nn(C)c(C)c1OCCCNCC(C)C. The lowest BCUT2D eigenvalue weighted by Gasteiger charge is -2.08. The van der Waals surface area contributed by atoms with E-state index in [4.69, 9.17) is 4.74 Å². The maximum atomic E-state index is 5.77. The van der Waals surface area contributed by atoms with Gasteiger partial charge in [-0.2, -0.15) is 5.10 Å². The van der Waals surface area contributed by atoms with Crippen LogP contribution in [0.3, 0.4) is 0 Å². The number of nitrogens with zero attached hydrogens (tertiary/aromatic N) is 2. The van der Waals surface area contributed by atoms with E-state index >= 15 is 0 Å².